The highest BCUT2D eigenvalue weighted by molar-refractivity contribution is 5.35. The normalized spacial score (nSPS) is 20.5. The number of hydrogen-bond acceptors (Lipinski definition) is 2. The second-order valence-corrected chi connectivity index (χ2v) is 6.40. The van der Waals surface area contributed by atoms with Crippen LogP contribution in [0.2, 0.25) is 0 Å². The molecule has 0 bridgehead atoms. The average Bonchev–Trinajstić information content (AvgIpc) is 2.41. The lowest BCUT2D eigenvalue weighted by Gasteiger charge is -2.47. The van der Waals surface area contributed by atoms with Crippen molar-refractivity contribution >= 4 is 0 Å². The maximum atomic E-state index is 6.73. The molecule has 2 nitrogen and oxygen atoms in total. The monoisotopic (exact) mass is 260 g/mol. The lowest BCUT2D eigenvalue weighted by Crippen LogP contribution is -2.53. The van der Waals surface area contributed by atoms with Crippen LogP contribution in [0.15, 0.2) is 18.2 Å². The summed E-state index contributed by atoms with van der Waals surface area (Å²) in [6.07, 6.45) is 6.39. The van der Waals surface area contributed by atoms with Gasteiger partial charge in [-0.05, 0) is 51.9 Å². The summed E-state index contributed by atoms with van der Waals surface area (Å²) in [7, 11) is 4.38. The van der Waals surface area contributed by atoms with E-state index in [9.17, 15) is 0 Å². The van der Waals surface area contributed by atoms with Crippen molar-refractivity contribution < 1.29 is 0 Å². The summed E-state index contributed by atoms with van der Waals surface area (Å²) in [6.45, 7) is 4.33. The van der Waals surface area contributed by atoms with Crippen LogP contribution in [-0.2, 0) is 0 Å². The zero-order chi connectivity index (χ0) is 14.0. The Morgan fingerprint density at radius 2 is 1.74 bits per heavy atom. The molecule has 1 fully saturated rings. The summed E-state index contributed by atoms with van der Waals surface area (Å²) in [6, 6.07) is 6.77. The molecule has 0 amide bonds. The standard InChI is InChI=1S/C17H28N2/c1-13-8-9-14(2)15(12-13)16(18)17(19(3)4)10-6-5-7-11-17/h8-9,12,16H,5-7,10-11,18H2,1-4H3. The predicted molar refractivity (Wildman–Crippen MR) is 82.3 cm³/mol. The second kappa shape index (κ2) is 5.64. The molecule has 106 valence electrons. The molecular weight excluding hydrogens is 232 g/mol. The first kappa shape index (κ1) is 14.5. The van der Waals surface area contributed by atoms with Gasteiger partial charge in [0.15, 0.2) is 0 Å². The van der Waals surface area contributed by atoms with E-state index in [4.69, 9.17) is 5.73 Å². The predicted octanol–water partition coefficient (Wildman–Crippen LogP) is 3.57. The minimum absolute atomic E-state index is 0.114. The molecule has 1 unspecified atom stereocenters. The van der Waals surface area contributed by atoms with E-state index in [1.54, 1.807) is 0 Å². The van der Waals surface area contributed by atoms with Gasteiger partial charge in [-0.1, -0.05) is 43.0 Å². The van der Waals surface area contributed by atoms with Gasteiger partial charge in [0.1, 0.15) is 0 Å². The fourth-order valence-electron chi connectivity index (χ4n) is 3.58. The molecule has 1 aromatic rings. The van der Waals surface area contributed by atoms with Gasteiger partial charge in [-0.15, -0.1) is 0 Å². The van der Waals surface area contributed by atoms with E-state index in [0.29, 0.717) is 0 Å². The Morgan fingerprint density at radius 1 is 1.11 bits per heavy atom. The summed E-state index contributed by atoms with van der Waals surface area (Å²) in [5.74, 6) is 0. The van der Waals surface area contributed by atoms with Gasteiger partial charge < -0.3 is 10.6 Å². The third-order valence-electron chi connectivity index (χ3n) is 4.96. The average molecular weight is 260 g/mol. The van der Waals surface area contributed by atoms with Crippen LogP contribution in [0.3, 0.4) is 0 Å². The number of nitrogens with zero attached hydrogens (tertiary/aromatic N) is 1. The number of benzene rings is 1. The van der Waals surface area contributed by atoms with E-state index in [1.165, 1.54) is 48.8 Å². The Labute approximate surface area is 118 Å². The first-order valence-electron chi connectivity index (χ1n) is 7.47. The number of hydrogen-bond donors (Lipinski definition) is 1. The minimum atomic E-state index is 0.114. The van der Waals surface area contributed by atoms with Gasteiger partial charge in [0.2, 0.25) is 0 Å². The smallest absolute Gasteiger partial charge is 0.0484 e. The van der Waals surface area contributed by atoms with Crippen LogP contribution in [0.4, 0.5) is 0 Å². The SMILES string of the molecule is Cc1ccc(C)c(C(N)C2(N(C)C)CCCCC2)c1. The number of aryl methyl sites for hydroxylation is 2. The van der Waals surface area contributed by atoms with Crippen molar-refractivity contribution in [2.24, 2.45) is 5.73 Å². The van der Waals surface area contributed by atoms with Gasteiger partial charge >= 0.3 is 0 Å². The quantitative estimate of drug-likeness (QED) is 0.900. The van der Waals surface area contributed by atoms with Crippen molar-refractivity contribution in [1.82, 2.24) is 4.90 Å². The highest BCUT2D eigenvalue weighted by Gasteiger charge is 2.40. The van der Waals surface area contributed by atoms with E-state index in [1.807, 2.05) is 0 Å². The van der Waals surface area contributed by atoms with Crippen LogP contribution in [0.1, 0.15) is 54.8 Å². The van der Waals surface area contributed by atoms with Crippen LogP contribution in [0, 0.1) is 13.8 Å². The largest absolute Gasteiger partial charge is 0.322 e. The molecule has 0 radical (unpaired) electrons. The van der Waals surface area contributed by atoms with E-state index in [0.717, 1.165) is 0 Å². The van der Waals surface area contributed by atoms with Crippen molar-refractivity contribution in [2.45, 2.75) is 57.5 Å². The second-order valence-electron chi connectivity index (χ2n) is 6.40. The molecule has 19 heavy (non-hydrogen) atoms. The van der Waals surface area contributed by atoms with Gasteiger partial charge in [-0.2, -0.15) is 0 Å². The molecule has 2 heteroatoms. The van der Waals surface area contributed by atoms with Crippen molar-refractivity contribution in [3.63, 3.8) is 0 Å². The zero-order valence-electron chi connectivity index (χ0n) is 12.9. The molecule has 2 N–H and O–H groups in total. The summed E-state index contributed by atoms with van der Waals surface area (Å²) in [5, 5.41) is 0. The summed E-state index contributed by atoms with van der Waals surface area (Å²) in [4.78, 5) is 2.37. The van der Waals surface area contributed by atoms with Crippen LogP contribution in [0.25, 0.3) is 0 Å². The third kappa shape index (κ3) is 2.70. The molecule has 1 aliphatic carbocycles. The molecule has 1 aliphatic rings. The van der Waals surface area contributed by atoms with Gasteiger partial charge in [0.05, 0.1) is 0 Å². The third-order valence-corrected chi connectivity index (χ3v) is 4.96. The van der Waals surface area contributed by atoms with Crippen LogP contribution in [-0.4, -0.2) is 24.5 Å². The maximum Gasteiger partial charge on any atom is 0.0484 e. The van der Waals surface area contributed by atoms with Crippen molar-refractivity contribution in [3.05, 3.63) is 34.9 Å². The molecule has 0 aliphatic heterocycles. The minimum Gasteiger partial charge on any atom is -0.322 e. The molecule has 1 saturated carbocycles. The highest BCUT2D eigenvalue weighted by Crippen LogP contribution is 2.41. The lowest BCUT2D eigenvalue weighted by atomic mass is 9.72. The van der Waals surface area contributed by atoms with Gasteiger partial charge in [0.25, 0.3) is 0 Å². The molecule has 0 aromatic heterocycles. The summed E-state index contributed by atoms with van der Waals surface area (Å²) >= 11 is 0. The van der Waals surface area contributed by atoms with Crippen LogP contribution in [0.5, 0.6) is 0 Å². The molecular formula is C17H28N2. The Balaban J connectivity index is 2.39. The first-order valence-corrected chi connectivity index (χ1v) is 7.47. The maximum absolute atomic E-state index is 6.73. The van der Waals surface area contributed by atoms with Crippen LogP contribution < -0.4 is 5.73 Å². The lowest BCUT2D eigenvalue weighted by molar-refractivity contribution is 0.0711. The Bertz CT molecular complexity index is 431. The highest BCUT2D eigenvalue weighted by atomic mass is 15.2. The van der Waals surface area contributed by atoms with Crippen molar-refractivity contribution in [1.29, 1.82) is 0 Å². The van der Waals surface area contributed by atoms with E-state index in [-0.39, 0.29) is 11.6 Å². The molecule has 0 heterocycles. The van der Waals surface area contributed by atoms with Crippen LogP contribution >= 0.6 is 0 Å². The van der Waals surface area contributed by atoms with E-state index >= 15 is 0 Å². The van der Waals surface area contributed by atoms with Crippen molar-refractivity contribution in [2.75, 3.05) is 14.1 Å². The molecule has 0 saturated heterocycles. The van der Waals surface area contributed by atoms with E-state index in [2.05, 4.69) is 51.0 Å². The first-order chi connectivity index (χ1) is 8.97. The molecule has 2 rings (SSSR count). The Morgan fingerprint density at radius 3 is 2.32 bits per heavy atom. The van der Waals surface area contributed by atoms with Gasteiger partial charge in [-0.25, -0.2) is 0 Å². The number of likely N-dealkylation sites (N-methyl/N-ethyl adjacent to an activating group) is 1. The Kier molecular flexibility index (Phi) is 4.32. The molecule has 1 aromatic carbocycles. The summed E-state index contributed by atoms with van der Waals surface area (Å²) < 4.78 is 0. The Hall–Kier alpha value is -0.860. The topological polar surface area (TPSA) is 29.3 Å². The number of nitrogens with two attached hydrogens (primary N) is 1. The zero-order valence-corrected chi connectivity index (χ0v) is 12.9. The number of rotatable bonds is 3. The summed E-state index contributed by atoms with van der Waals surface area (Å²) in [5.41, 5.74) is 10.8. The van der Waals surface area contributed by atoms with Gasteiger partial charge in [0, 0.05) is 11.6 Å². The fourth-order valence-corrected chi connectivity index (χ4v) is 3.58. The van der Waals surface area contributed by atoms with Gasteiger partial charge in [-0.3, -0.25) is 0 Å². The molecule has 1 atom stereocenters. The fraction of sp³-hybridized carbons (Fsp3) is 0.647. The van der Waals surface area contributed by atoms with Crippen molar-refractivity contribution in [3.8, 4) is 0 Å². The molecule has 0 spiro atoms. The van der Waals surface area contributed by atoms with E-state index < -0.39 is 0 Å².